The summed E-state index contributed by atoms with van der Waals surface area (Å²) < 4.78 is 14.1. The zero-order valence-electron chi connectivity index (χ0n) is 30.6. The van der Waals surface area contributed by atoms with Gasteiger partial charge in [0.25, 0.3) is 0 Å². The standard InChI is InChI=1S/C54H34O2/c1-3-41-42(4-2)52(54-50(44-22-12-14-24-48(44)56-54)40-28-26-34-16-6-8-18-36(34)30-40)46-32-38-20-10-9-19-37(38)31-45(46)51(41)53-49(43-21-11-13-23-47(43)55-53)39-27-25-33-15-5-7-17-35(33)29-39/h3-32H,1-2H2. The van der Waals surface area contributed by atoms with Gasteiger partial charge in [-0.15, -0.1) is 0 Å². The highest BCUT2D eigenvalue weighted by atomic mass is 16.3. The minimum atomic E-state index is 0.797. The Morgan fingerprint density at radius 1 is 0.321 bits per heavy atom. The fraction of sp³-hybridized carbons (Fsp3) is 0. The quantitative estimate of drug-likeness (QED) is 0.160. The Balaban J connectivity index is 1.30. The normalized spacial score (nSPS) is 11.7. The van der Waals surface area contributed by atoms with Crippen LogP contribution in [-0.4, -0.2) is 0 Å². The molecule has 0 fully saturated rings. The first kappa shape index (κ1) is 32.0. The predicted octanol–water partition coefficient (Wildman–Crippen LogP) is 15.7. The second-order valence-corrected chi connectivity index (χ2v) is 14.5. The highest BCUT2D eigenvalue weighted by Gasteiger charge is 2.29. The summed E-state index contributed by atoms with van der Waals surface area (Å²) >= 11 is 0. The summed E-state index contributed by atoms with van der Waals surface area (Å²) in [5, 5.41) is 11.2. The van der Waals surface area contributed by atoms with Gasteiger partial charge in [0.05, 0.1) is 0 Å². The average molecular weight is 715 g/mol. The van der Waals surface area contributed by atoms with Crippen LogP contribution in [0, 0.1) is 0 Å². The zero-order valence-corrected chi connectivity index (χ0v) is 30.6. The molecule has 0 aliphatic rings. The summed E-state index contributed by atoms with van der Waals surface area (Å²) in [5.74, 6) is 1.59. The number of furan rings is 2. The molecule has 0 radical (unpaired) electrons. The van der Waals surface area contributed by atoms with Gasteiger partial charge in [-0.2, -0.15) is 0 Å². The van der Waals surface area contributed by atoms with Crippen molar-refractivity contribution in [3.63, 3.8) is 0 Å². The molecule has 0 saturated heterocycles. The predicted molar refractivity (Wildman–Crippen MR) is 238 cm³/mol. The Kier molecular flexibility index (Phi) is 7.20. The molecule has 0 aliphatic heterocycles. The van der Waals surface area contributed by atoms with E-state index >= 15 is 0 Å². The Labute approximate surface area is 323 Å². The van der Waals surface area contributed by atoms with Crippen LogP contribution in [0.25, 0.3) is 122 Å². The van der Waals surface area contributed by atoms with Crippen molar-refractivity contribution >= 4 is 77.2 Å². The van der Waals surface area contributed by atoms with Crippen LogP contribution in [0.2, 0.25) is 0 Å². The van der Waals surface area contributed by atoms with E-state index in [2.05, 4.69) is 171 Å². The molecule has 0 aliphatic carbocycles. The number of para-hydroxylation sites is 2. The van der Waals surface area contributed by atoms with Crippen molar-refractivity contribution < 1.29 is 8.83 Å². The van der Waals surface area contributed by atoms with E-state index in [1.165, 1.54) is 21.5 Å². The molecule has 2 nitrogen and oxygen atoms in total. The molecule has 2 heteroatoms. The van der Waals surface area contributed by atoms with Gasteiger partial charge in [-0.05, 0) is 102 Å². The van der Waals surface area contributed by atoms with Gasteiger partial charge >= 0.3 is 0 Å². The lowest BCUT2D eigenvalue weighted by Crippen LogP contribution is -1.97. The first-order chi connectivity index (χ1) is 27.7. The van der Waals surface area contributed by atoms with Crippen LogP contribution in [0.5, 0.6) is 0 Å². The monoisotopic (exact) mass is 714 g/mol. The van der Waals surface area contributed by atoms with Gasteiger partial charge in [0, 0.05) is 33.0 Å². The van der Waals surface area contributed by atoms with Gasteiger partial charge in [-0.3, -0.25) is 0 Å². The highest BCUT2D eigenvalue weighted by Crippen LogP contribution is 2.52. The van der Waals surface area contributed by atoms with Crippen LogP contribution in [-0.2, 0) is 0 Å². The zero-order chi connectivity index (χ0) is 37.3. The minimum Gasteiger partial charge on any atom is -0.455 e. The third kappa shape index (κ3) is 4.83. The van der Waals surface area contributed by atoms with Crippen LogP contribution in [0.3, 0.4) is 0 Å². The van der Waals surface area contributed by atoms with E-state index in [4.69, 9.17) is 8.83 Å². The van der Waals surface area contributed by atoms with Crippen molar-refractivity contribution in [3.8, 4) is 44.9 Å². The van der Waals surface area contributed by atoms with E-state index in [0.717, 1.165) is 99.5 Å². The molecule has 11 aromatic rings. The van der Waals surface area contributed by atoms with E-state index in [9.17, 15) is 0 Å². The fourth-order valence-electron chi connectivity index (χ4n) is 8.83. The summed E-state index contributed by atoms with van der Waals surface area (Å²) in [6.07, 6.45) is 3.92. The lowest BCUT2D eigenvalue weighted by atomic mass is 9.83. The second-order valence-electron chi connectivity index (χ2n) is 14.5. The molecule has 11 rings (SSSR count). The molecule has 0 N–H and O–H groups in total. The van der Waals surface area contributed by atoms with E-state index < -0.39 is 0 Å². The molecule has 0 saturated carbocycles. The first-order valence-electron chi connectivity index (χ1n) is 19.0. The van der Waals surface area contributed by atoms with Crippen molar-refractivity contribution in [1.29, 1.82) is 0 Å². The van der Waals surface area contributed by atoms with E-state index in [1.807, 2.05) is 24.3 Å². The molecule has 9 aromatic carbocycles. The SMILES string of the molecule is C=Cc1c(C=C)c(-c2oc3ccccc3c2-c2ccc3ccccc3c2)c2cc3ccccc3cc2c1-c1oc2ccccc2c1-c1ccc2ccccc2c1. The van der Waals surface area contributed by atoms with E-state index in [0.29, 0.717) is 0 Å². The van der Waals surface area contributed by atoms with Gasteiger partial charge in [-0.25, -0.2) is 0 Å². The van der Waals surface area contributed by atoms with Crippen molar-refractivity contribution in [2.45, 2.75) is 0 Å². The molecule has 2 aromatic heterocycles. The maximum atomic E-state index is 7.04. The Morgan fingerprint density at radius 2 is 0.679 bits per heavy atom. The number of hydrogen-bond donors (Lipinski definition) is 0. The smallest absolute Gasteiger partial charge is 0.144 e. The largest absolute Gasteiger partial charge is 0.455 e. The van der Waals surface area contributed by atoms with Crippen molar-refractivity contribution in [3.05, 3.63) is 194 Å². The molecule has 0 atom stereocenters. The molecule has 0 amide bonds. The maximum absolute atomic E-state index is 7.04. The summed E-state index contributed by atoms with van der Waals surface area (Å²) in [7, 11) is 0. The summed E-state index contributed by atoms with van der Waals surface area (Å²) in [6, 6.07) is 60.2. The highest BCUT2D eigenvalue weighted by molar-refractivity contribution is 6.19. The minimum absolute atomic E-state index is 0.797. The average Bonchev–Trinajstić information content (AvgIpc) is 3.83. The van der Waals surface area contributed by atoms with Crippen molar-refractivity contribution in [2.75, 3.05) is 0 Å². The molecule has 0 unspecified atom stereocenters. The molecular formula is C54H34O2. The Hall–Kier alpha value is -7.42. The summed E-state index contributed by atoms with van der Waals surface area (Å²) in [4.78, 5) is 0. The van der Waals surface area contributed by atoms with Crippen LogP contribution in [0.4, 0.5) is 0 Å². The van der Waals surface area contributed by atoms with E-state index in [-0.39, 0.29) is 0 Å². The summed E-state index contributed by atoms with van der Waals surface area (Å²) in [5.41, 5.74) is 9.75. The number of fused-ring (bicyclic) bond motifs is 6. The molecular weight excluding hydrogens is 681 g/mol. The first-order valence-corrected chi connectivity index (χ1v) is 19.0. The lowest BCUT2D eigenvalue weighted by molar-refractivity contribution is 0.631. The van der Waals surface area contributed by atoms with Crippen LogP contribution >= 0.6 is 0 Å². The Bertz CT molecular complexity index is 3180. The third-order valence-corrected chi connectivity index (χ3v) is 11.4. The summed E-state index contributed by atoms with van der Waals surface area (Å²) in [6.45, 7) is 8.93. The van der Waals surface area contributed by atoms with Gasteiger partial charge in [0.1, 0.15) is 22.7 Å². The third-order valence-electron chi connectivity index (χ3n) is 11.4. The molecule has 2 heterocycles. The lowest BCUT2D eigenvalue weighted by Gasteiger charge is -2.20. The van der Waals surface area contributed by atoms with Crippen molar-refractivity contribution in [1.82, 2.24) is 0 Å². The van der Waals surface area contributed by atoms with Crippen molar-refractivity contribution in [2.24, 2.45) is 0 Å². The molecule has 0 spiro atoms. The molecule has 262 valence electrons. The fourth-order valence-corrected chi connectivity index (χ4v) is 8.83. The van der Waals surface area contributed by atoms with Crippen LogP contribution in [0.15, 0.2) is 192 Å². The number of benzene rings is 9. The van der Waals surface area contributed by atoms with Gasteiger partial charge in [0.2, 0.25) is 0 Å². The van der Waals surface area contributed by atoms with Gasteiger partial charge in [0.15, 0.2) is 0 Å². The number of rotatable bonds is 6. The Morgan fingerprint density at radius 3 is 1.09 bits per heavy atom. The number of hydrogen-bond acceptors (Lipinski definition) is 2. The maximum Gasteiger partial charge on any atom is 0.144 e. The van der Waals surface area contributed by atoms with E-state index in [1.54, 1.807) is 0 Å². The molecule has 0 bridgehead atoms. The molecule has 56 heavy (non-hydrogen) atoms. The topological polar surface area (TPSA) is 26.3 Å². The van der Waals surface area contributed by atoms with Crippen LogP contribution < -0.4 is 0 Å². The van der Waals surface area contributed by atoms with Gasteiger partial charge in [-0.1, -0.05) is 159 Å². The second kappa shape index (κ2) is 12.6. The van der Waals surface area contributed by atoms with Gasteiger partial charge < -0.3 is 8.83 Å². The van der Waals surface area contributed by atoms with Crippen LogP contribution in [0.1, 0.15) is 11.1 Å².